The van der Waals surface area contributed by atoms with E-state index in [2.05, 4.69) is 0 Å². The van der Waals surface area contributed by atoms with Crippen molar-refractivity contribution in [1.82, 2.24) is 0 Å². The second-order valence-electron chi connectivity index (χ2n) is 6.04. The minimum absolute atomic E-state index is 0.369. The highest BCUT2D eigenvalue weighted by atomic mass is 19.1. The average molecular weight is 281 g/mol. The highest BCUT2D eigenvalue weighted by Gasteiger charge is 2.53. The van der Waals surface area contributed by atoms with Crippen LogP contribution in [-0.2, 0) is 9.31 Å². The Hall–Kier alpha value is -1.11. The number of benzene rings is 1. The van der Waals surface area contributed by atoms with Gasteiger partial charge in [0, 0.05) is 11.6 Å². The van der Waals surface area contributed by atoms with E-state index in [0.717, 1.165) is 0 Å². The summed E-state index contributed by atoms with van der Waals surface area (Å²) < 4.78 is 30.2. The molecule has 1 fully saturated rings. The number of nitrogens with two attached hydrogens (primary N) is 1. The van der Waals surface area contributed by atoms with Gasteiger partial charge in [0.2, 0.25) is 0 Å². The van der Waals surface area contributed by atoms with Crippen molar-refractivity contribution >= 4 is 7.12 Å². The predicted octanol–water partition coefficient (Wildman–Crippen LogP) is 2.47. The highest BCUT2D eigenvalue weighted by molar-refractivity contribution is 6.47. The summed E-state index contributed by atoms with van der Waals surface area (Å²) in [5.74, 6) is -0.523. The molecule has 0 saturated carbocycles. The van der Waals surface area contributed by atoms with Gasteiger partial charge in [-0.05, 0) is 33.8 Å². The largest absolute Gasteiger partial charge is 0.496 e. The van der Waals surface area contributed by atoms with Crippen molar-refractivity contribution in [2.24, 2.45) is 5.73 Å². The Kier molecular flexibility index (Phi) is 3.84. The van der Waals surface area contributed by atoms with Crippen LogP contribution >= 0.6 is 0 Å². The van der Waals surface area contributed by atoms with Crippen LogP contribution in [0.15, 0.2) is 18.2 Å². The fourth-order valence-electron chi connectivity index (χ4n) is 2.14. The Morgan fingerprint density at radius 2 is 1.75 bits per heavy atom. The Balaban J connectivity index is 2.27. The molecule has 6 heteroatoms. The third-order valence-corrected chi connectivity index (χ3v) is 4.12. The first-order valence-corrected chi connectivity index (χ1v) is 6.62. The molecule has 2 N–H and O–H groups in total. The molecule has 1 aromatic carbocycles. The van der Waals surface area contributed by atoms with Gasteiger partial charge in [-0.15, -0.1) is 0 Å². The summed E-state index contributed by atoms with van der Waals surface area (Å²) in [5, 5.41) is 0. The van der Waals surface area contributed by atoms with E-state index in [0.29, 0.717) is 11.3 Å². The van der Waals surface area contributed by atoms with Crippen molar-refractivity contribution in [2.75, 3.05) is 7.11 Å². The van der Waals surface area contributed by atoms with Crippen LogP contribution in [0, 0.1) is 5.82 Å². The first kappa shape index (κ1) is 15.3. The summed E-state index contributed by atoms with van der Waals surface area (Å²) >= 11 is 0. The number of methoxy groups -OCH3 is 1. The zero-order valence-corrected chi connectivity index (χ0v) is 12.6. The normalized spacial score (nSPS) is 21.9. The number of halogens is 1. The third-order valence-electron chi connectivity index (χ3n) is 4.12. The molecule has 1 saturated heterocycles. The van der Waals surface area contributed by atoms with Gasteiger partial charge < -0.3 is 19.8 Å². The van der Waals surface area contributed by atoms with Crippen molar-refractivity contribution in [3.05, 3.63) is 29.6 Å². The Bertz CT molecular complexity index is 491. The lowest BCUT2D eigenvalue weighted by atomic mass is 9.74. The van der Waals surface area contributed by atoms with E-state index in [4.69, 9.17) is 19.8 Å². The van der Waals surface area contributed by atoms with E-state index in [1.165, 1.54) is 19.2 Å². The fourth-order valence-corrected chi connectivity index (χ4v) is 2.14. The minimum Gasteiger partial charge on any atom is -0.496 e. The van der Waals surface area contributed by atoms with Gasteiger partial charge in [0.1, 0.15) is 11.6 Å². The van der Waals surface area contributed by atoms with E-state index < -0.39 is 24.3 Å². The molecule has 0 unspecified atom stereocenters. The molecule has 0 amide bonds. The van der Waals surface area contributed by atoms with Crippen LogP contribution in [-0.4, -0.2) is 25.4 Å². The lowest BCUT2D eigenvalue weighted by Gasteiger charge is -2.32. The maximum Gasteiger partial charge on any atom is 0.480 e. The van der Waals surface area contributed by atoms with E-state index in [1.807, 2.05) is 27.7 Å². The van der Waals surface area contributed by atoms with Crippen LogP contribution in [0.25, 0.3) is 0 Å². The molecule has 0 spiro atoms. The summed E-state index contributed by atoms with van der Waals surface area (Å²) in [6, 6.07) is 4.26. The molecule has 1 aromatic rings. The molecule has 0 aromatic heterocycles. The molecular formula is C14H21BFNO3. The zero-order valence-electron chi connectivity index (χ0n) is 12.6. The summed E-state index contributed by atoms with van der Waals surface area (Å²) in [6.07, 6.45) is 0. The zero-order chi connectivity index (χ0) is 15.1. The number of hydrogen-bond acceptors (Lipinski definition) is 4. The van der Waals surface area contributed by atoms with Gasteiger partial charge >= 0.3 is 7.12 Å². The third kappa shape index (κ3) is 2.55. The lowest BCUT2D eigenvalue weighted by molar-refractivity contribution is 0.00578. The maximum absolute atomic E-state index is 13.2. The van der Waals surface area contributed by atoms with Crippen molar-refractivity contribution < 1.29 is 18.4 Å². The molecule has 1 aliphatic rings. The molecule has 0 bridgehead atoms. The van der Waals surface area contributed by atoms with E-state index in [1.54, 1.807) is 6.07 Å². The molecule has 20 heavy (non-hydrogen) atoms. The van der Waals surface area contributed by atoms with E-state index in [9.17, 15) is 4.39 Å². The average Bonchev–Trinajstić information content (AvgIpc) is 2.57. The SMILES string of the molecule is COc1cc(F)ccc1[C@@H](N)B1OC(C)(C)C(C)(C)O1. The van der Waals surface area contributed by atoms with Crippen LogP contribution in [0.3, 0.4) is 0 Å². The van der Waals surface area contributed by atoms with Gasteiger partial charge in [0.05, 0.1) is 24.3 Å². The predicted molar refractivity (Wildman–Crippen MR) is 76.0 cm³/mol. The summed E-state index contributed by atoms with van der Waals surface area (Å²) in [4.78, 5) is 0. The summed E-state index contributed by atoms with van der Waals surface area (Å²) in [6.45, 7) is 7.84. The molecule has 1 atom stereocenters. The molecule has 4 nitrogen and oxygen atoms in total. The van der Waals surface area contributed by atoms with Gasteiger partial charge in [0.15, 0.2) is 0 Å². The molecule has 1 aliphatic heterocycles. The lowest BCUT2D eigenvalue weighted by Crippen LogP contribution is -2.41. The fraction of sp³-hybridized carbons (Fsp3) is 0.571. The molecule has 0 aliphatic carbocycles. The van der Waals surface area contributed by atoms with Crippen LogP contribution in [0.5, 0.6) is 5.75 Å². The second kappa shape index (κ2) is 5.02. The molecule has 2 rings (SSSR count). The van der Waals surface area contributed by atoms with Crippen molar-refractivity contribution in [1.29, 1.82) is 0 Å². The van der Waals surface area contributed by atoms with Crippen molar-refractivity contribution in [3.8, 4) is 5.75 Å². The minimum atomic E-state index is -0.598. The number of hydrogen-bond donors (Lipinski definition) is 1. The Morgan fingerprint density at radius 3 is 2.25 bits per heavy atom. The van der Waals surface area contributed by atoms with Crippen molar-refractivity contribution in [3.63, 3.8) is 0 Å². The van der Waals surface area contributed by atoms with Crippen molar-refractivity contribution in [2.45, 2.75) is 44.8 Å². The first-order valence-electron chi connectivity index (χ1n) is 6.62. The van der Waals surface area contributed by atoms with Crippen LogP contribution < -0.4 is 10.5 Å². The second-order valence-corrected chi connectivity index (χ2v) is 6.04. The van der Waals surface area contributed by atoms with Gasteiger partial charge in [0.25, 0.3) is 0 Å². The smallest absolute Gasteiger partial charge is 0.480 e. The molecule has 110 valence electrons. The van der Waals surface area contributed by atoms with Gasteiger partial charge in [-0.3, -0.25) is 0 Å². The first-order chi connectivity index (χ1) is 9.18. The number of rotatable bonds is 3. The molecule has 0 radical (unpaired) electrons. The standard InChI is InChI=1S/C14H21BFNO3/c1-13(2)14(3,4)20-15(19-13)12(17)10-7-6-9(16)8-11(10)18-5/h6-8,12H,17H2,1-5H3/t12-/m1/s1. The number of ether oxygens (including phenoxy) is 1. The van der Waals surface area contributed by atoms with Crippen LogP contribution in [0.4, 0.5) is 4.39 Å². The maximum atomic E-state index is 13.2. The molecular weight excluding hydrogens is 260 g/mol. The highest BCUT2D eigenvalue weighted by Crippen LogP contribution is 2.40. The van der Waals surface area contributed by atoms with Gasteiger partial charge in [-0.2, -0.15) is 0 Å². The quantitative estimate of drug-likeness (QED) is 0.865. The van der Waals surface area contributed by atoms with Crippen LogP contribution in [0.1, 0.15) is 39.2 Å². The van der Waals surface area contributed by atoms with Crippen LogP contribution in [0.2, 0.25) is 0 Å². The Labute approximate surface area is 119 Å². The summed E-state index contributed by atoms with van der Waals surface area (Å²) in [5.41, 5.74) is 5.96. The molecule has 1 heterocycles. The van der Waals surface area contributed by atoms with E-state index in [-0.39, 0.29) is 5.82 Å². The monoisotopic (exact) mass is 281 g/mol. The Morgan fingerprint density at radius 1 is 1.20 bits per heavy atom. The van der Waals surface area contributed by atoms with E-state index >= 15 is 0 Å². The van der Waals surface area contributed by atoms with Gasteiger partial charge in [-0.1, -0.05) is 6.07 Å². The topological polar surface area (TPSA) is 53.7 Å². The van der Waals surface area contributed by atoms with Gasteiger partial charge in [-0.25, -0.2) is 4.39 Å². The summed E-state index contributed by atoms with van der Waals surface area (Å²) in [7, 11) is 0.884.